The summed E-state index contributed by atoms with van der Waals surface area (Å²) in [4.78, 5) is 15.2. The number of nitrogens with zero attached hydrogens (tertiary/aromatic N) is 4. The molecule has 30 heavy (non-hydrogen) atoms. The number of nitrogens with two attached hydrogens (primary N) is 1. The van der Waals surface area contributed by atoms with Gasteiger partial charge in [0.15, 0.2) is 10.5 Å². The first kappa shape index (κ1) is 19.0. The van der Waals surface area contributed by atoms with Crippen molar-refractivity contribution in [3.8, 4) is 0 Å². The molecule has 2 atom stereocenters. The second kappa shape index (κ2) is 8.00. The Bertz CT molecular complexity index is 1110. The Morgan fingerprint density at radius 2 is 2.03 bits per heavy atom. The molecule has 3 aromatic rings. The summed E-state index contributed by atoms with van der Waals surface area (Å²) in [7, 11) is 0. The highest BCUT2D eigenvalue weighted by molar-refractivity contribution is 8.16. The van der Waals surface area contributed by atoms with E-state index in [1.807, 2.05) is 59.4 Å². The number of piperidine rings is 1. The van der Waals surface area contributed by atoms with Gasteiger partial charge in [0.1, 0.15) is 0 Å². The predicted molar refractivity (Wildman–Crippen MR) is 121 cm³/mol. The van der Waals surface area contributed by atoms with E-state index in [0.717, 1.165) is 48.2 Å². The van der Waals surface area contributed by atoms with Crippen molar-refractivity contribution in [2.24, 2.45) is 10.8 Å². The third-order valence-electron chi connectivity index (χ3n) is 5.37. The fraction of sp³-hybridized carbons (Fsp3) is 0.286. The van der Waals surface area contributed by atoms with Gasteiger partial charge < -0.3 is 16.0 Å². The van der Waals surface area contributed by atoms with Crippen LogP contribution in [0, 0.1) is 0 Å². The summed E-state index contributed by atoms with van der Waals surface area (Å²) in [5, 5.41) is 13.2. The summed E-state index contributed by atoms with van der Waals surface area (Å²) in [5.74, 6) is -0.236. The molecule has 8 nitrogen and oxygen atoms in total. The number of para-hydroxylation sites is 3. The number of carbonyl (C=O) groups is 1. The summed E-state index contributed by atoms with van der Waals surface area (Å²) in [5.41, 5.74) is 11.7. The highest BCUT2D eigenvalue weighted by Crippen LogP contribution is 2.32. The molecule has 2 aliphatic rings. The zero-order valence-corrected chi connectivity index (χ0v) is 17.2. The van der Waals surface area contributed by atoms with Crippen molar-refractivity contribution in [1.29, 1.82) is 0 Å². The van der Waals surface area contributed by atoms with E-state index in [2.05, 4.69) is 25.8 Å². The molecular formula is C21H23N7OS. The molecule has 1 aromatic heterocycles. The fourth-order valence-electron chi connectivity index (χ4n) is 3.92. The SMILES string of the molecule is N[C@@H]1CCCN(c2ccccc2NC(=O)C2=NNC(n3ncc4ccccc43)S2)C1. The minimum Gasteiger partial charge on any atom is -0.368 e. The summed E-state index contributed by atoms with van der Waals surface area (Å²) in [6.45, 7) is 1.73. The van der Waals surface area contributed by atoms with Crippen molar-refractivity contribution in [3.05, 3.63) is 54.7 Å². The fourth-order valence-corrected chi connectivity index (χ4v) is 4.77. The number of fused-ring (bicyclic) bond motifs is 1. The molecule has 1 saturated heterocycles. The number of hydrazone groups is 1. The van der Waals surface area contributed by atoms with Crippen LogP contribution in [0.5, 0.6) is 0 Å². The second-order valence-corrected chi connectivity index (χ2v) is 8.55. The summed E-state index contributed by atoms with van der Waals surface area (Å²) < 4.78 is 1.84. The molecule has 1 fully saturated rings. The van der Waals surface area contributed by atoms with Crippen molar-refractivity contribution >= 4 is 45.0 Å². The van der Waals surface area contributed by atoms with Crippen molar-refractivity contribution in [3.63, 3.8) is 0 Å². The van der Waals surface area contributed by atoms with Gasteiger partial charge in [-0.15, -0.1) is 0 Å². The highest BCUT2D eigenvalue weighted by Gasteiger charge is 2.28. The number of carbonyl (C=O) groups excluding carboxylic acids is 1. The standard InChI is InChI=1S/C21H23N7OS/c22-15-7-5-11-27(13-15)18-10-4-2-8-16(18)24-19(29)20-25-26-21(30-20)28-17-9-3-1-6-14(17)12-23-28/h1-4,6,8-10,12,15,21,26H,5,7,11,13,22H2,(H,24,29)/t15-,21?/m1/s1. The van der Waals surface area contributed by atoms with Gasteiger partial charge in [0.05, 0.1) is 23.1 Å². The molecule has 0 bridgehead atoms. The minimum atomic E-state index is -0.263. The maximum absolute atomic E-state index is 12.9. The lowest BCUT2D eigenvalue weighted by atomic mass is 10.1. The molecule has 5 rings (SSSR count). The predicted octanol–water partition coefficient (Wildman–Crippen LogP) is 2.71. The average molecular weight is 422 g/mol. The van der Waals surface area contributed by atoms with Crippen LogP contribution in [0.3, 0.4) is 0 Å². The number of nitrogens with one attached hydrogen (secondary N) is 2. The van der Waals surface area contributed by atoms with Gasteiger partial charge >= 0.3 is 0 Å². The lowest BCUT2D eigenvalue weighted by Gasteiger charge is -2.33. The van der Waals surface area contributed by atoms with Crippen LogP contribution in [-0.2, 0) is 4.79 Å². The molecule has 0 radical (unpaired) electrons. The van der Waals surface area contributed by atoms with Crippen molar-refractivity contribution < 1.29 is 4.79 Å². The Kier molecular flexibility index (Phi) is 5.06. The molecule has 154 valence electrons. The van der Waals surface area contributed by atoms with Gasteiger partial charge in [-0.05, 0) is 42.8 Å². The van der Waals surface area contributed by atoms with E-state index in [9.17, 15) is 4.79 Å². The second-order valence-electron chi connectivity index (χ2n) is 7.48. The van der Waals surface area contributed by atoms with Gasteiger partial charge in [-0.1, -0.05) is 30.3 Å². The van der Waals surface area contributed by atoms with E-state index in [1.165, 1.54) is 11.8 Å². The van der Waals surface area contributed by atoms with E-state index < -0.39 is 0 Å². The van der Waals surface area contributed by atoms with Gasteiger partial charge in [0, 0.05) is 24.5 Å². The largest absolute Gasteiger partial charge is 0.368 e. The quantitative estimate of drug-likeness (QED) is 0.599. The maximum Gasteiger partial charge on any atom is 0.282 e. The van der Waals surface area contributed by atoms with E-state index in [4.69, 9.17) is 5.73 Å². The van der Waals surface area contributed by atoms with Crippen LogP contribution in [0.25, 0.3) is 10.9 Å². The summed E-state index contributed by atoms with van der Waals surface area (Å²) in [6, 6.07) is 16.0. The molecule has 0 aliphatic carbocycles. The van der Waals surface area contributed by atoms with Gasteiger partial charge in [0.2, 0.25) is 0 Å². The van der Waals surface area contributed by atoms with Crippen LogP contribution in [0.1, 0.15) is 18.3 Å². The molecule has 9 heteroatoms. The topological polar surface area (TPSA) is 101 Å². The van der Waals surface area contributed by atoms with Gasteiger partial charge in [-0.2, -0.15) is 10.2 Å². The monoisotopic (exact) mass is 421 g/mol. The van der Waals surface area contributed by atoms with Crippen molar-refractivity contribution in [2.45, 2.75) is 24.4 Å². The van der Waals surface area contributed by atoms with Crippen LogP contribution >= 0.6 is 11.8 Å². The maximum atomic E-state index is 12.9. The molecule has 1 amide bonds. The molecule has 2 aliphatic heterocycles. The van der Waals surface area contributed by atoms with E-state index in [0.29, 0.717) is 5.04 Å². The summed E-state index contributed by atoms with van der Waals surface area (Å²) in [6.07, 6.45) is 3.90. The smallest absolute Gasteiger partial charge is 0.282 e. The molecule has 4 N–H and O–H groups in total. The number of benzene rings is 2. The van der Waals surface area contributed by atoms with Gasteiger partial charge in [0.25, 0.3) is 5.91 Å². The van der Waals surface area contributed by atoms with Crippen LogP contribution in [0.2, 0.25) is 0 Å². The lowest BCUT2D eigenvalue weighted by molar-refractivity contribution is -0.110. The molecule has 2 aromatic carbocycles. The number of aromatic nitrogens is 2. The molecular weight excluding hydrogens is 398 g/mol. The first-order valence-electron chi connectivity index (χ1n) is 10.0. The Labute approximate surface area is 178 Å². The van der Waals surface area contributed by atoms with Crippen LogP contribution < -0.4 is 21.4 Å². The molecule has 1 unspecified atom stereocenters. The molecule has 0 spiro atoms. The van der Waals surface area contributed by atoms with Crippen LogP contribution in [-0.4, -0.2) is 39.9 Å². The van der Waals surface area contributed by atoms with E-state index in [-0.39, 0.29) is 17.4 Å². The lowest BCUT2D eigenvalue weighted by Crippen LogP contribution is -2.43. The highest BCUT2D eigenvalue weighted by atomic mass is 32.2. The number of hydrogen-bond donors (Lipinski definition) is 3. The van der Waals surface area contributed by atoms with E-state index >= 15 is 0 Å². The zero-order chi connectivity index (χ0) is 20.5. The third-order valence-corrected chi connectivity index (χ3v) is 6.40. The Morgan fingerprint density at radius 3 is 2.93 bits per heavy atom. The van der Waals surface area contributed by atoms with Crippen molar-refractivity contribution in [1.82, 2.24) is 15.2 Å². The number of rotatable bonds is 4. The normalized spacial score (nSPS) is 21.4. The first-order chi connectivity index (χ1) is 14.7. The third kappa shape index (κ3) is 3.61. The van der Waals surface area contributed by atoms with Crippen LogP contribution in [0.4, 0.5) is 11.4 Å². The first-order valence-corrected chi connectivity index (χ1v) is 10.9. The molecule has 0 saturated carbocycles. The Hall–Kier alpha value is -3.04. The van der Waals surface area contributed by atoms with Crippen molar-refractivity contribution in [2.75, 3.05) is 23.3 Å². The van der Waals surface area contributed by atoms with E-state index in [1.54, 1.807) is 0 Å². The molecule has 3 heterocycles. The number of anilines is 2. The summed E-state index contributed by atoms with van der Waals surface area (Å²) >= 11 is 1.35. The minimum absolute atomic E-state index is 0.158. The Balaban J connectivity index is 1.30. The number of hydrogen-bond acceptors (Lipinski definition) is 7. The number of amides is 1. The van der Waals surface area contributed by atoms with Crippen LogP contribution in [0.15, 0.2) is 59.8 Å². The van der Waals surface area contributed by atoms with Gasteiger partial charge in [-0.25, -0.2) is 4.68 Å². The van der Waals surface area contributed by atoms with Gasteiger partial charge in [-0.3, -0.25) is 10.2 Å². The number of thioether (sulfide) groups is 1. The average Bonchev–Trinajstić information content (AvgIpc) is 3.41. The zero-order valence-electron chi connectivity index (χ0n) is 16.4. The Morgan fingerprint density at radius 1 is 1.20 bits per heavy atom.